The van der Waals surface area contributed by atoms with Gasteiger partial charge in [0.25, 0.3) is 5.91 Å². The highest BCUT2D eigenvalue weighted by molar-refractivity contribution is 7.08. The van der Waals surface area contributed by atoms with Gasteiger partial charge in [-0.25, -0.2) is 0 Å². The fourth-order valence-corrected chi connectivity index (χ4v) is 3.38. The molecule has 0 atom stereocenters. The maximum Gasteiger partial charge on any atom is 0.261 e. The fraction of sp³-hybridized carbons (Fsp3) is 0.278. The molecule has 3 rings (SSSR count). The molecule has 2 heterocycles. The molecule has 114 valence electrons. The van der Waals surface area contributed by atoms with Gasteiger partial charge in [-0.2, -0.15) is 11.3 Å². The summed E-state index contributed by atoms with van der Waals surface area (Å²) < 4.78 is 5.79. The van der Waals surface area contributed by atoms with Gasteiger partial charge in [-0.05, 0) is 43.2 Å². The van der Waals surface area contributed by atoms with Crippen molar-refractivity contribution in [1.82, 2.24) is 4.90 Å². The highest BCUT2D eigenvalue weighted by atomic mass is 32.1. The standard InChI is InChI=1S/C18H19NO2S/c1-13-16(14-9-10-22-11-14)17(20)19(12-21-13)18(2,3)15-7-5-4-6-8-15/h4-11H,12H2,1-3H3. The van der Waals surface area contributed by atoms with E-state index in [0.29, 0.717) is 11.3 Å². The molecular formula is C18H19NO2S. The second kappa shape index (κ2) is 5.61. The highest BCUT2D eigenvalue weighted by Gasteiger charge is 2.38. The van der Waals surface area contributed by atoms with E-state index in [1.165, 1.54) is 0 Å². The molecule has 3 nitrogen and oxygen atoms in total. The van der Waals surface area contributed by atoms with E-state index < -0.39 is 5.54 Å². The normalized spacial score (nSPS) is 16.0. The lowest BCUT2D eigenvalue weighted by Crippen LogP contribution is -2.49. The molecule has 4 heteroatoms. The number of hydrogen-bond acceptors (Lipinski definition) is 3. The van der Waals surface area contributed by atoms with Crippen LogP contribution in [0.5, 0.6) is 0 Å². The zero-order chi connectivity index (χ0) is 15.7. The lowest BCUT2D eigenvalue weighted by Gasteiger charge is -2.41. The van der Waals surface area contributed by atoms with Crippen LogP contribution in [0.4, 0.5) is 0 Å². The third kappa shape index (κ3) is 2.44. The van der Waals surface area contributed by atoms with E-state index >= 15 is 0 Å². The number of thiophene rings is 1. The molecule has 0 radical (unpaired) electrons. The van der Waals surface area contributed by atoms with E-state index in [4.69, 9.17) is 4.74 Å². The topological polar surface area (TPSA) is 29.5 Å². The average Bonchev–Trinajstić information content (AvgIpc) is 3.02. The SMILES string of the molecule is CC1=C(c2ccsc2)C(=O)N(C(C)(C)c2ccccc2)CO1. The van der Waals surface area contributed by atoms with Gasteiger partial charge < -0.3 is 4.74 Å². The molecule has 0 saturated carbocycles. The predicted molar refractivity (Wildman–Crippen MR) is 89.2 cm³/mol. The summed E-state index contributed by atoms with van der Waals surface area (Å²) in [4.78, 5) is 14.8. The van der Waals surface area contributed by atoms with Crippen molar-refractivity contribution in [3.8, 4) is 0 Å². The van der Waals surface area contributed by atoms with Crippen molar-refractivity contribution in [3.05, 3.63) is 64.0 Å². The Morgan fingerprint density at radius 1 is 1.18 bits per heavy atom. The monoisotopic (exact) mass is 313 g/mol. The lowest BCUT2D eigenvalue weighted by atomic mass is 9.91. The van der Waals surface area contributed by atoms with Gasteiger partial charge in [0.05, 0.1) is 11.1 Å². The number of amides is 1. The van der Waals surface area contributed by atoms with Crippen LogP contribution < -0.4 is 0 Å². The highest BCUT2D eigenvalue weighted by Crippen LogP contribution is 2.35. The van der Waals surface area contributed by atoms with E-state index in [1.54, 1.807) is 16.2 Å². The number of carbonyl (C=O) groups excluding carboxylic acids is 1. The van der Waals surface area contributed by atoms with Crippen molar-refractivity contribution >= 4 is 22.8 Å². The first-order chi connectivity index (χ1) is 10.5. The zero-order valence-electron chi connectivity index (χ0n) is 13.0. The summed E-state index contributed by atoms with van der Waals surface area (Å²) in [5.41, 5.74) is 2.26. The Kier molecular flexibility index (Phi) is 3.79. The Hall–Kier alpha value is -2.07. The number of ether oxygens (including phenoxy) is 1. The van der Waals surface area contributed by atoms with Crippen molar-refractivity contribution < 1.29 is 9.53 Å². The van der Waals surface area contributed by atoms with E-state index in [0.717, 1.165) is 11.1 Å². The molecule has 1 aliphatic heterocycles. The maximum atomic E-state index is 13.0. The third-order valence-electron chi connectivity index (χ3n) is 4.19. The molecule has 1 aromatic carbocycles. The Balaban J connectivity index is 1.99. The fourth-order valence-electron chi connectivity index (χ4n) is 2.73. The second-order valence-electron chi connectivity index (χ2n) is 5.87. The van der Waals surface area contributed by atoms with Crippen molar-refractivity contribution in [2.24, 2.45) is 0 Å². The number of benzene rings is 1. The van der Waals surface area contributed by atoms with Crippen molar-refractivity contribution in [2.45, 2.75) is 26.3 Å². The van der Waals surface area contributed by atoms with Crippen molar-refractivity contribution in [1.29, 1.82) is 0 Å². The molecule has 0 N–H and O–H groups in total. The number of nitrogens with zero attached hydrogens (tertiary/aromatic N) is 1. The molecule has 1 aliphatic rings. The largest absolute Gasteiger partial charge is 0.477 e. The van der Waals surface area contributed by atoms with Crippen LogP contribution in [0.3, 0.4) is 0 Å². The van der Waals surface area contributed by atoms with E-state index in [9.17, 15) is 4.79 Å². The zero-order valence-corrected chi connectivity index (χ0v) is 13.8. The Morgan fingerprint density at radius 3 is 2.55 bits per heavy atom. The smallest absolute Gasteiger partial charge is 0.261 e. The molecule has 1 aromatic heterocycles. The Labute approximate surface area is 134 Å². The van der Waals surface area contributed by atoms with Gasteiger partial charge in [-0.1, -0.05) is 30.3 Å². The van der Waals surface area contributed by atoms with E-state index in [2.05, 4.69) is 13.8 Å². The number of hydrogen-bond donors (Lipinski definition) is 0. The summed E-state index contributed by atoms with van der Waals surface area (Å²) in [6.45, 7) is 6.24. The molecule has 22 heavy (non-hydrogen) atoms. The van der Waals surface area contributed by atoms with Gasteiger partial charge in [0.2, 0.25) is 0 Å². The first-order valence-corrected chi connectivity index (χ1v) is 8.20. The molecule has 0 spiro atoms. The van der Waals surface area contributed by atoms with Crippen LogP contribution in [0.25, 0.3) is 5.57 Å². The third-order valence-corrected chi connectivity index (χ3v) is 4.87. The number of rotatable bonds is 3. The summed E-state index contributed by atoms with van der Waals surface area (Å²) in [5.74, 6) is 0.722. The summed E-state index contributed by atoms with van der Waals surface area (Å²) in [6.07, 6.45) is 0. The van der Waals surface area contributed by atoms with Crippen LogP contribution in [-0.2, 0) is 15.1 Å². The van der Waals surface area contributed by atoms with Crippen molar-refractivity contribution in [3.63, 3.8) is 0 Å². The van der Waals surface area contributed by atoms with Gasteiger partial charge in [-0.3, -0.25) is 9.69 Å². The molecule has 0 aliphatic carbocycles. The van der Waals surface area contributed by atoms with Gasteiger partial charge in [0, 0.05) is 5.56 Å². The van der Waals surface area contributed by atoms with E-state index in [1.807, 2.05) is 54.1 Å². The first kappa shape index (κ1) is 14.9. The maximum absolute atomic E-state index is 13.0. The summed E-state index contributed by atoms with van der Waals surface area (Å²) in [5, 5.41) is 3.96. The molecule has 0 bridgehead atoms. The van der Waals surface area contributed by atoms with Gasteiger partial charge >= 0.3 is 0 Å². The Bertz CT molecular complexity index is 702. The van der Waals surface area contributed by atoms with Crippen LogP contribution >= 0.6 is 11.3 Å². The predicted octanol–water partition coefficient (Wildman–Crippen LogP) is 4.23. The van der Waals surface area contributed by atoms with Crippen LogP contribution in [0.1, 0.15) is 31.9 Å². The van der Waals surface area contributed by atoms with Gasteiger partial charge in [0.15, 0.2) is 6.73 Å². The molecule has 0 unspecified atom stereocenters. The molecule has 0 fully saturated rings. The molecular weight excluding hydrogens is 294 g/mol. The molecule has 0 saturated heterocycles. The quantitative estimate of drug-likeness (QED) is 0.848. The number of carbonyl (C=O) groups is 1. The average molecular weight is 313 g/mol. The van der Waals surface area contributed by atoms with E-state index in [-0.39, 0.29) is 12.6 Å². The number of allylic oxidation sites excluding steroid dienone is 1. The lowest BCUT2D eigenvalue weighted by molar-refractivity contribution is -0.139. The van der Waals surface area contributed by atoms with Crippen LogP contribution in [0, 0.1) is 0 Å². The minimum absolute atomic E-state index is 0.0241. The van der Waals surface area contributed by atoms with Crippen LogP contribution in [0.2, 0.25) is 0 Å². The van der Waals surface area contributed by atoms with Crippen molar-refractivity contribution in [2.75, 3.05) is 6.73 Å². The van der Waals surface area contributed by atoms with Gasteiger partial charge in [-0.15, -0.1) is 0 Å². The summed E-state index contributed by atoms with van der Waals surface area (Å²) >= 11 is 1.58. The van der Waals surface area contributed by atoms with Crippen LogP contribution in [-0.4, -0.2) is 17.5 Å². The Morgan fingerprint density at radius 2 is 1.91 bits per heavy atom. The van der Waals surface area contributed by atoms with Crippen LogP contribution in [0.15, 0.2) is 52.9 Å². The minimum atomic E-state index is -0.430. The first-order valence-electron chi connectivity index (χ1n) is 7.25. The minimum Gasteiger partial charge on any atom is -0.477 e. The summed E-state index contributed by atoms with van der Waals surface area (Å²) in [7, 11) is 0. The van der Waals surface area contributed by atoms with Gasteiger partial charge in [0.1, 0.15) is 5.76 Å². The molecule has 2 aromatic rings. The molecule has 1 amide bonds. The second-order valence-corrected chi connectivity index (χ2v) is 6.65. The summed E-state index contributed by atoms with van der Waals surface area (Å²) in [6, 6.07) is 12.0.